The molecule has 0 atom stereocenters. The maximum atomic E-state index is 12.5. The van der Waals surface area contributed by atoms with Gasteiger partial charge in [0.2, 0.25) is 5.91 Å². The fraction of sp³-hybridized carbons (Fsp3) is 0.200. The van der Waals surface area contributed by atoms with E-state index in [0.717, 1.165) is 16.8 Å². The summed E-state index contributed by atoms with van der Waals surface area (Å²) in [6, 6.07) is 9.34. The van der Waals surface area contributed by atoms with Crippen molar-refractivity contribution in [2.45, 2.75) is 20.4 Å². The molecule has 0 radical (unpaired) electrons. The first-order valence-corrected chi connectivity index (χ1v) is 9.64. The number of fused-ring (bicyclic) bond motifs is 1. The van der Waals surface area contributed by atoms with E-state index in [2.05, 4.69) is 41.3 Å². The number of hydrogen-bond acceptors (Lipinski definition) is 5. The molecule has 8 heteroatoms. The Morgan fingerprint density at radius 1 is 1.18 bits per heavy atom. The van der Waals surface area contributed by atoms with Gasteiger partial charge in [-0.1, -0.05) is 12.1 Å². The summed E-state index contributed by atoms with van der Waals surface area (Å²) in [7, 11) is 1.66. The van der Waals surface area contributed by atoms with Gasteiger partial charge >= 0.3 is 0 Å². The summed E-state index contributed by atoms with van der Waals surface area (Å²) in [6.07, 6.45) is 1.56. The van der Waals surface area contributed by atoms with Crippen LogP contribution in [0.3, 0.4) is 0 Å². The van der Waals surface area contributed by atoms with E-state index < -0.39 is 0 Å². The first kappa shape index (κ1) is 18.1. The lowest BCUT2D eigenvalue weighted by Crippen LogP contribution is -2.19. The molecular formula is C20H19N5O2S. The van der Waals surface area contributed by atoms with Gasteiger partial charge in [0.15, 0.2) is 10.8 Å². The van der Waals surface area contributed by atoms with Gasteiger partial charge in [-0.05, 0) is 37.1 Å². The van der Waals surface area contributed by atoms with Gasteiger partial charge in [0.05, 0.1) is 17.5 Å². The lowest BCUT2D eigenvalue weighted by atomic mass is 10.1. The van der Waals surface area contributed by atoms with Crippen LogP contribution >= 0.6 is 11.3 Å². The molecule has 3 aromatic heterocycles. The Bertz CT molecular complexity index is 1250. The number of hydrogen-bond donors (Lipinski definition) is 1. The lowest BCUT2D eigenvalue weighted by molar-refractivity contribution is -0.116. The Labute approximate surface area is 165 Å². The fourth-order valence-electron chi connectivity index (χ4n) is 2.98. The van der Waals surface area contributed by atoms with Crippen molar-refractivity contribution in [3.8, 4) is 11.3 Å². The summed E-state index contributed by atoms with van der Waals surface area (Å²) in [5, 5.41) is 5.32. The molecule has 4 aromatic rings. The molecule has 0 aliphatic carbocycles. The van der Waals surface area contributed by atoms with Crippen LogP contribution in [0, 0.1) is 13.8 Å². The monoisotopic (exact) mass is 393 g/mol. The van der Waals surface area contributed by atoms with E-state index in [1.54, 1.807) is 24.0 Å². The predicted molar refractivity (Wildman–Crippen MR) is 111 cm³/mol. The minimum absolute atomic E-state index is 0.0905. The molecule has 142 valence electrons. The number of pyridine rings is 1. The van der Waals surface area contributed by atoms with Crippen LogP contribution < -0.4 is 10.9 Å². The van der Waals surface area contributed by atoms with Crippen LogP contribution in [-0.2, 0) is 18.4 Å². The third-order valence-corrected chi connectivity index (χ3v) is 5.51. The van der Waals surface area contributed by atoms with Crippen molar-refractivity contribution in [3.05, 3.63) is 63.5 Å². The van der Waals surface area contributed by atoms with E-state index in [4.69, 9.17) is 0 Å². The SMILES string of the molecule is Cc1ccc(-c2csc(NC(=O)Cn3cnc4c3ccc(=O)n4C)n2)cc1C. The highest BCUT2D eigenvalue weighted by molar-refractivity contribution is 7.14. The molecule has 0 saturated heterocycles. The zero-order valence-corrected chi connectivity index (χ0v) is 16.6. The summed E-state index contributed by atoms with van der Waals surface area (Å²) in [5.74, 6) is -0.200. The van der Waals surface area contributed by atoms with E-state index in [-0.39, 0.29) is 18.0 Å². The highest BCUT2D eigenvalue weighted by Gasteiger charge is 2.12. The molecule has 0 aliphatic rings. The van der Waals surface area contributed by atoms with E-state index in [1.807, 2.05) is 11.4 Å². The van der Waals surface area contributed by atoms with Gasteiger partial charge < -0.3 is 9.88 Å². The largest absolute Gasteiger partial charge is 0.320 e. The summed E-state index contributed by atoms with van der Waals surface area (Å²) in [4.78, 5) is 32.9. The number of thiazole rings is 1. The van der Waals surface area contributed by atoms with Crippen molar-refractivity contribution >= 4 is 33.5 Å². The van der Waals surface area contributed by atoms with E-state index in [0.29, 0.717) is 10.8 Å². The molecular weight excluding hydrogens is 374 g/mol. The summed E-state index contributed by atoms with van der Waals surface area (Å²) < 4.78 is 3.17. The summed E-state index contributed by atoms with van der Waals surface area (Å²) in [5.41, 5.74) is 5.45. The van der Waals surface area contributed by atoms with Crippen LogP contribution in [0.4, 0.5) is 5.13 Å². The molecule has 3 heterocycles. The number of aryl methyl sites for hydroxylation is 3. The molecule has 0 fully saturated rings. The van der Waals surface area contributed by atoms with Gasteiger partial charge in [-0.25, -0.2) is 9.97 Å². The molecule has 1 N–H and O–H groups in total. The number of amides is 1. The molecule has 0 bridgehead atoms. The Morgan fingerprint density at radius 3 is 2.79 bits per heavy atom. The molecule has 0 spiro atoms. The normalized spacial score (nSPS) is 11.1. The van der Waals surface area contributed by atoms with Crippen LogP contribution in [-0.4, -0.2) is 25.0 Å². The number of carbonyl (C=O) groups is 1. The predicted octanol–water partition coefficient (Wildman–Crippen LogP) is 3.11. The molecule has 7 nitrogen and oxygen atoms in total. The van der Waals surface area contributed by atoms with Crippen molar-refractivity contribution in [3.63, 3.8) is 0 Å². The third kappa shape index (κ3) is 3.34. The van der Waals surface area contributed by atoms with E-state index in [1.165, 1.54) is 33.1 Å². The van der Waals surface area contributed by atoms with Crippen molar-refractivity contribution in [2.75, 3.05) is 5.32 Å². The Kier molecular flexibility index (Phi) is 4.56. The number of nitrogens with one attached hydrogen (secondary N) is 1. The third-order valence-electron chi connectivity index (χ3n) is 4.76. The van der Waals surface area contributed by atoms with Crippen LogP contribution in [0.1, 0.15) is 11.1 Å². The molecule has 1 aromatic carbocycles. The average molecular weight is 393 g/mol. The minimum atomic E-state index is -0.200. The molecule has 1 amide bonds. The Hall–Kier alpha value is -3.26. The lowest BCUT2D eigenvalue weighted by Gasteiger charge is -2.05. The number of imidazole rings is 1. The number of aromatic nitrogens is 4. The molecule has 0 saturated carbocycles. The van der Waals surface area contributed by atoms with Crippen LogP contribution in [0.5, 0.6) is 0 Å². The van der Waals surface area contributed by atoms with Crippen LogP contribution in [0.25, 0.3) is 22.4 Å². The average Bonchev–Trinajstić information content (AvgIpc) is 3.28. The quantitative estimate of drug-likeness (QED) is 0.578. The maximum Gasteiger partial charge on any atom is 0.252 e. The van der Waals surface area contributed by atoms with Gasteiger partial charge in [-0.2, -0.15) is 0 Å². The topological polar surface area (TPSA) is 81.8 Å². The van der Waals surface area contributed by atoms with Crippen molar-refractivity contribution in [1.82, 2.24) is 19.1 Å². The first-order chi connectivity index (χ1) is 13.4. The zero-order chi connectivity index (χ0) is 19.8. The number of anilines is 1. The first-order valence-electron chi connectivity index (χ1n) is 8.76. The second kappa shape index (κ2) is 7.05. The maximum absolute atomic E-state index is 12.5. The second-order valence-corrected chi connectivity index (χ2v) is 7.56. The van der Waals surface area contributed by atoms with Gasteiger partial charge in [-0.15, -0.1) is 11.3 Å². The molecule has 28 heavy (non-hydrogen) atoms. The van der Waals surface area contributed by atoms with Gasteiger partial charge in [0.25, 0.3) is 5.56 Å². The standard InChI is InChI=1S/C20H19N5O2S/c1-12-4-5-14(8-13(12)2)15-10-28-20(22-15)23-17(26)9-25-11-21-19-16(25)6-7-18(27)24(19)3/h4-8,10-11H,9H2,1-3H3,(H,22,23,26). The van der Waals surface area contributed by atoms with Crippen LogP contribution in [0.15, 0.2) is 46.8 Å². The molecule has 0 aliphatic heterocycles. The van der Waals surface area contributed by atoms with Crippen molar-refractivity contribution in [1.29, 1.82) is 0 Å². The number of carbonyl (C=O) groups excluding carboxylic acids is 1. The van der Waals surface area contributed by atoms with Gasteiger partial charge in [-0.3, -0.25) is 14.2 Å². The van der Waals surface area contributed by atoms with Crippen molar-refractivity contribution < 1.29 is 4.79 Å². The minimum Gasteiger partial charge on any atom is -0.320 e. The number of rotatable bonds is 4. The van der Waals surface area contributed by atoms with E-state index >= 15 is 0 Å². The zero-order valence-electron chi connectivity index (χ0n) is 15.8. The summed E-state index contributed by atoms with van der Waals surface area (Å²) in [6.45, 7) is 4.23. The summed E-state index contributed by atoms with van der Waals surface area (Å²) >= 11 is 1.39. The molecule has 0 unspecified atom stereocenters. The second-order valence-electron chi connectivity index (χ2n) is 6.70. The van der Waals surface area contributed by atoms with Gasteiger partial charge in [0, 0.05) is 24.1 Å². The smallest absolute Gasteiger partial charge is 0.252 e. The number of nitrogens with zero attached hydrogens (tertiary/aromatic N) is 4. The van der Waals surface area contributed by atoms with E-state index in [9.17, 15) is 9.59 Å². The fourth-order valence-corrected chi connectivity index (χ4v) is 3.72. The Balaban J connectivity index is 1.50. The number of benzene rings is 1. The van der Waals surface area contributed by atoms with Crippen molar-refractivity contribution in [2.24, 2.45) is 7.05 Å². The highest BCUT2D eigenvalue weighted by atomic mass is 32.1. The molecule has 4 rings (SSSR count). The van der Waals surface area contributed by atoms with Crippen LogP contribution in [0.2, 0.25) is 0 Å². The van der Waals surface area contributed by atoms with Gasteiger partial charge in [0.1, 0.15) is 6.54 Å². The highest BCUT2D eigenvalue weighted by Crippen LogP contribution is 2.26. The Morgan fingerprint density at radius 2 is 2.00 bits per heavy atom.